The number of benzene rings is 8. The monoisotopic (exact) mass is 702 g/mol. The molecule has 0 aliphatic carbocycles. The first-order valence-corrected chi connectivity index (χ1v) is 18.5. The first-order valence-electron chi connectivity index (χ1n) is 18.5. The molecule has 0 N–H and O–H groups in total. The summed E-state index contributed by atoms with van der Waals surface area (Å²) in [4.78, 5) is 15.9. The lowest BCUT2D eigenvalue weighted by molar-refractivity contribution is 0.954. The highest BCUT2D eigenvalue weighted by atomic mass is 15.2. The van der Waals surface area contributed by atoms with Gasteiger partial charge in [0.2, 0.25) is 5.95 Å². The second kappa shape index (κ2) is 13.8. The van der Waals surface area contributed by atoms with Gasteiger partial charge in [0.1, 0.15) is 0 Å². The number of aromatic nitrogens is 4. The van der Waals surface area contributed by atoms with E-state index >= 15 is 0 Å². The number of para-hydroxylation sites is 1. The van der Waals surface area contributed by atoms with Gasteiger partial charge in [-0.15, -0.1) is 0 Å². The van der Waals surface area contributed by atoms with Crippen LogP contribution in [0, 0.1) is 0 Å². The summed E-state index contributed by atoms with van der Waals surface area (Å²) >= 11 is 0. The molecule has 0 spiro atoms. The molecule has 10 rings (SSSR count). The van der Waals surface area contributed by atoms with Crippen molar-refractivity contribution in [1.29, 1.82) is 0 Å². The van der Waals surface area contributed by atoms with E-state index in [1.54, 1.807) is 0 Å². The fourth-order valence-electron chi connectivity index (χ4n) is 7.60. The van der Waals surface area contributed by atoms with E-state index in [1.807, 2.05) is 12.1 Å². The summed E-state index contributed by atoms with van der Waals surface area (Å²) in [6, 6.07) is 72.2. The van der Waals surface area contributed by atoms with Gasteiger partial charge in [-0.25, -0.2) is 4.98 Å². The Balaban J connectivity index is 1.27. The SMILES string of the molecule is c1ccc(-c2cccc(-c3nc(-c4cccc(-c5ccccc5)c4)nc(-n4c5ccccc5c5cc(-c6ccccc6)cc(-c6ccccc6)c54)n3)c2)cc1. The molecule has 0 saturated heterocycles. The van der Waals surface area contributed by atoms with Crippen LogP contribution in [0.4, 0.5) is 0 Å². The van der Waals surface area contributed by atoms with E-state index < -0.39 is 0 Å². The minimum absolute atomic E-state index is 0.561. The number of hydrogen-bond donors (Lipinski definition) is 0. The van der Waals surface area contributed by atoms with Gasteiger partial charge in [-0.1, -0.05) is 176 Å². The normalized spacial score (nSPS) is 11.3. The van der Waals surface area contributed by atoms with Crippen molar-refractivity contribution < 1.29 is 0 Å². The van der Waals surface area contributed by atoms with E-state index in [0.717, 1.165) is 71.9 Å². The van der Waals surface area contributed by atoms with Crippen LogP contribution in [0.15, 0.2) is 206 Å². The Morgan fingerprint density at radius 1 is 0.291 bits per heavy atom. The van der Waals surface area contributed by atoms with Gasteiger partial charge in [0.25, 0.3) is 0 Å². The van der Waals surface area contributed by atoms with E-state index in [4.69, 9.17) is 15.0 Å². The Morgan fingerprint density at radius 3 is 1.27 bits per heavy atom. The molecular formula is C51H34N4. The molecule has 0 bridgehead atoms. The summed E-state index contributed by atoms with van der Waals surface area (Å²) in [5.74, 6) is 1.78. The quantitative estimate of drug-likeness (QED) is 0.166. The molecule has 0 unspecified atom stereocenters. The summed E-state index contributed by atoms with van der Waals surface area (Å²) in [7, 11) is 0. The van der Waals surface area contributed by atoms with Gasteiger partial charge in [0, 0.05) is 27.5 Å². The predicted octanol–water partition coefficient (Wildman–Crippen LogP) is 13.0. The van der Waals surface area contributed by atoms with Gasteiger partial charge in [0.15, 0.2) is 11.6 Å². The molecule has 2 aromatic heterocycles. The molecule has 0 aliphatic heterocycles. The molecule has 4 nitrogen and oxygen atoms in total. The number of nitrogens with zero attached hydrogens (tertiary/aromatic N) is 4. The first-order chi connectivity index (χ1) is 27.3. The molecule has 0 atom stereocenters. The molecule has 0 aliphatic rings. The van der Waals surface area contributed by atoms with Crippen molar-refractivity contribution >= 4 is 21.8 Å². The van der Waals surface area contributed by atoms with Crippen molar-refractivity contribution in [1.82, 2.24) is 19.5 Å². The van der Waals surface area contributed by atoms with Crippen molar-refractivity contribution in [2.45, 2.75) is 0 Å². The topological polar surface area (TPSA) is 43.6 Å². The van der Waals surface area contributed by atoms with Gasteiger partial charge in [-0.05, 0) is 69.3 Å². The van der Waals surface area contributed by atoms with Gasteiger partial charge < -0.3 is 0 Å². The molecular weight excluding hydrogens is 669 g/mol. The highest BCUT2D eigenvalue weighted by Gasteiger charge is 2.22. The average molecular weight is 703 g/mol. The van der Waals surface area contributed by atoms with Gasteiger partial charge in [-0.3, -0.25) is 4.57 Å². The fraction of sp³-hybridized carbons (Fsp3) is 0. The first kappa shape index (κ1) is 32.2. The fourth-order valence-corrected chi connectivity index (χ4v) is 7.60. The van der Waals surface area contributed by atoms with Crippen LogP contribution in [0.2, 0.25) is 0 Å². The number of fused-ring (bicyclic) bond motifs is 3. The molecule has 10 aromatic rings. The van der Waals surface area contributed by atoms with Crippen molar-refractivity contribution in [3.63, 3.8) is 0 Å². The second-order valence-corrected chi connectivity index (χ2v) is 13.7. The van der Waals surface area contributed by atoms with Crippen molar-refractivity contribution in [2.75, 3.05) is 0 Å². The largest absolute Gasteiger partial charge is 0.277 e. The summed E-state index contributed by atoms with van der Waals surface area (Å²) < 4.78 is 2.23. The van der Waals surface area contributed by atoms with E-state index in [2.05, 4.69) is 199 Å². The Morgan fingerprint density at radius 2 is 0.727 bits per heavy atom. The zero-order chi connectivity index (χ0) is 36.6. The third-order valence-corrected chi connectivity index (χ3v) is 10.2. The van der Waals surface area contributed by atoms with Crippen LogP contribution in [0.5, 0.6) is 0 Å². The summed E-state index contributed by atoms with van der Waals surface area (Å²) in [6.45, 7) is 0. The van der Waals surface area contributed by atoms with Gasteiger partial charge in [0.05, 0.1) is 11.0 Å². The van der Waals surface area contributed by atoms with Crippen LogP contribution in [-0.2, 0) is 0 Å². The van der Waals surface area contributed by atoms with E-state index in [9.17, 15) is 0 Å². The summed E-state index contributed by atoms with van der Waals surface area (Å²) in [5, 5.41) is 2.27. The average Bonchev–Trinajstić information content (AvgIpc) is 3.61. The van der Waals surface area contributed by atoms with Crippen LogP contribution < -0.4 is 0 Å². The molecule has 4 heteroatoms. The third-order valence-electron chi connectivity index (χ3n) is 10.2. The molecule has 2 heterocycles. The Labute approximate surface area is 319 Å². The second-order valence-electron chi connectivity index (χ2n) is 13.7. The van der Waals surface area contributed by atoms with Crippen LogP contribution in [0.25, 0.3) is 95.0 Å². The van der Waals surface area contributed by atoms with Crippen LogP contribution in [0.1, 0.15) is 0 Å². The highest BCUT2D eigenvalue weighted by Crippen LogP contribution is 2.41. The highest BCUT2D eigenvalue weighted by molar-refractivity contribution is 6.15. The number of hydrogen-bond acceptors (Lipinski definition) is 3. The molecule has 258 valence electrons. The lowest BCUT2D eigenvalue weighted by Crippen LogP contribution is -2.07. The Kier molecular flexibility index (Phi) is 8.12. The minimum Gasteiger partial charge on any atom is -0.277 e. The smallest absolute Gasteiger partial charge is 0.238 e. The maximum atomic E-state index is 5.34. The van der Waals surface area contributed by atoms with E-state index in [1.165, 1.54) is 5.56 Å². The summed E-state index contributed by atoms with van der Waals surface area (Å²) in [5.41, 5.74) is 12.9. The van der Waals surface area contributed by atoms with Crippen molar-refractivity contribution in [3.05, 3.63) is 206 Å². The third kappa shape index (κ3) is 6.06. The van der Waals surface area contributed by atoms with Crippen LogP contribution >= 0.6 is 0 Å². The maximum absolute atomic E-state index is 5.34. The predicted molar refractivity (Wildman–Crippen MR) is 227 cm³/mol. The van der Waals surface area contributed by atoms with Gasteiger partial charge >= 0.3 is 0 Å². The van der Waals surface area contributed by atoms with Crippen LogP contribution in [0.3, 0.4) is 0 Å². The van der Waals surface area contributed by atoms with Gasteiger partial charge in [-0.2, -0.15) is 9.97 Å². The Bertz CT molecular complexity index is 2850. The standard InChI is InChI=1S/C51H34N4/c1-5-17-35(18-6-1)39-25-15-27-41(31-39)49-52-50(42-28-16-26-40(32-42)36-19-7-2-8-20-36)54-51(53-49)55-47-30-14-13-29-44(47)46-34-43(37-21-9-3-10-22-37)33-45(48(46)55)38-23-11-4-12-24-38/h1-34H. The zero-order valence-corrected chi connectivity index (χ0v) is 29.9. The lowest BCUT2D eigenvalue weighted by atomic mass is 9.95. The number of rotatable bonds is 7. The van der Waals surface area contributed by atoms with E-state index in [0.29, 0.717) is 17.6 Å². The van der Waals surface area contributed by atoms with Crippen LogP contribution in [-0.4, -0.2) is 19.5 Å². The maximum Gasteiger partial charge on any atom is 0.238 e. The molecule has 8 aromatic carbocycles. The molecule has 0 saturated carbocycles. The molecule has 0 fully saturated rings. The summed E-state index contributed by atoms with van der Waals surface area (Å²) in [6.07, 6.45) is 0. The zero-order valence-electron chi connectivity index (χ0n) is 29.9. The minimum atomic E-state index is 0.561. The van der Waals surface area contributed by atoms with E-state index in [-0.39, 0.29) is 0 Å². The molecule has 0 radical (unpaired) electrons. The Hall–Kier alpha value is -7.43. The lowest BCUT2D eigenvalue weighted by Gasteiger charge is -2.15. The van der Waals surface area contributed by atoms with Crippen molar-refractivity contribution in [3.8, 4) is 73.2 Å². The molecule has 0 amide bonds. The molecule has 55 heavy (non-hydrogen) atoms. The van der Waals surface area contributed by atoms with Crippen molar-refractivity contribution in [2.24, 2.45) is 0 Å².